The largest absolute Gasteiger partial charge is 0.375 e. The molecule has 4 heteroatoms. The highest BCUT2D eigenvalue weighted by Gasteiger charge is 2.44. The van der Waals surface area contributed by atoms with Gasteiger partial charge in [0.25, 0.3) is 0 Å². The maximum Gasteiger partial charge on any atom is 0.126 e. The number of fused-ring (bicyclic) bond motifs is 2. The Kier molecular flexibility index (Phi) is 3.09. The molecule has 2 aliphatic rings. The van der Waals surface area contributed by atoms with Gasteiger partial charge in [-0.15, -0.1) is 0 Å². The van der Waals surface area contributed by atoms with E-state index in [4.69, 9.17) is 10.6 Å². The van der Waals surface area contributed by atoms with E-state index in [1.807, 2.05) is 12.1 Å². The smallest absolute Gasteiger partial charge is 0.126 e. The first-order chi connectivity index (χ1) is 8.69. The molecule has 98 valence electrons. The Labute approximate surface area is 106 Å². The minimum atomic E-state index is -0.170. The van der Waals surface area contributed by atoms with Gasteiger partial charge < -0.3 is 4.74 Å². The molecule has 0 saturated carbocycles. The molecule has 18 heavy (non-hydrogen) atoms. The molecule has 3 nitrogen and oxygen atoms in total. The second-order valence-electron chi connectivity index (χ2n) is 5.43. The van der Waals surface area contributed by atoms with E-state index in [-0.39, 0.29) is 18.0 Å². The molecule has 2 saturated heterocycles. The van der Waals surface area contributed by atoms with E-state index in [2.05, 4.69) is 5.43 Å². The lowest BCUT2D eigenvalue weighted by molar-refractivity contribution is 0.0856. The van der Waals surface area contributed by atoms with E-state index in [1.54, 1.807) is 13.0 Å². The first-order valence-electron chi connectivity index (χ1n) is 6.56. The third-order valence-corrected chi connectivity index (χ3v) is 4.32. The fraction of sp³-hybridized carbons (Fsp3) is 0.571. The molecule has 2 aliphatic heterocycles. The van der Waals surface area contributed by atoms with Crippen LogP contribution in [0.1, 0.15) is 36.4 Å². The Balaban J connectivity index is 1.85. The molecule has 2 heterocycles. The van der Waals surface area contributed by atoms with Gasteiger partial charge in [-0.1, -0.05) is 12.1 Å². The minimum Gasteiger partial charge on any atom is -0.375 e. The van der Waals surface area contributed by atoms with E-state index in [0.717, 1.165) is 24.8 Å². The first-order valence-corrected chi connectivity index (χ1v) is 6.56. The Bertz CT molecular complexity index is 451. The summed E-state index contributed by atoms with van der Waals surface area (Å²) in [4.78, 5) is 0. The number of aryl methyl sites for hydroxylation is 1. The van der Waals surface area contributed by atoms with Gasteiger partial charge in [0.05, 0.1) is 18.2 Å². The van der Waals surface area contributed by atoms with Crippen LogP contribution in [0.5, 0.6) is 0 Å². The Morgan fingerprint density at radius 2 is 2.28 bits per heavy atom. The molecule has 0 aliphatic carbocycles. The average molecular weight is 250 g/mol. The number of rotatable bonds is 3. The maximum atomic E-state index is 13.7. The van der Waals surface area contributed by atoms with Gasteiger partial charge in [0.2, 0.25) is 0 Å². The van der Waals surface area contributed by atoms with E-state index in [1.165, 1.54) is 0 Å². The zero-order valence-electron chi connectivity index (χ0n) is 10.5. The van der Waals surface area contributed by atoms with Crippen LogP contribution in [0.4, 0.5) is 4.39 Å². The van der Waals surface area contributed by atoms with Gasteiger partial charge in [0, 0.05) is 5.92 Å². The van der Waals surface area contributed by atoms with Crippen LogP contribution in [0.25, 0.3) is 0 Å². The summed E-state index contributed by atoms with van der Waals surface area (Å²) in [5, 5.41) is 0. The highest BCUT2D eigenvalue weighted by atomic mass is 19.1. The third-order valence-electron chi connectivity index (χ3n) is 4.32. The Morgan fingerprint density at radius 1 is 1.44 bits per heavy atom. The summed E-state index contributed by atoms with van der Waals surface area (Å²) in [6.07, 6.45) is 3.93. The van der Waals surface area contributed by atoms with Gasteiger partial charge in [0.15, 0.2) is 0 Å². The summed E-state index contributed by atoms with van der Waals surface area (Å²) in [5.74, 6) is 5.86. The molecule has 0 radical (unpaired) electrons. The summed E-state index contributed by atoms with van der Waals surface area (Å²) >= 11 is 0. The van der Waals surface area contributed by atoms with Crippen molar-refractivity contribution < 1.29 is 9.13 Å². The van der Waals surface area contributed by atoms with Crippen LogP contribution >= 0.6 is 0 Å². The maximum absolute atomic E-state index is 13.7. The summed E-state index contributed by atoms with van der Waals surface area (Å²) in [5.41, 5.74) is 4.43. The van der Waals surface area contributed by atoms with Gasteiger partial charge in [-0.2, -0.15) is 0 Å². The highest BCUT2D eigenvalue weighted by molar-refractivity contribution is 5.27. The SMILES string of the molecule is Cc1ccc(C(NN)C2CC3CCC2O3)cc1F. The number of ether oxygens (including phenoxy) is 1. The van der Waals surface area contributed by atoms with E-state index in [0.29, 0.717) is 17.6 Å². The lowest BCUT2D eigenvalue weighted by Crippen LogP contribution is -2.37. The zero-order valence-corrected chi connectivity index (χ0v) is 10.5. The predicted octanol–water partition coefficient (Wildman–Crippen LogP) is 2.21. The second-order valence-corrected chi connectivity index (χ2v) is 5.43. The molecule has 2 bridgehead atoms. The van der Waals surface area contributed by atoms with Gasteiger partial charge in [-0.3, -0.25) is 11.3 Å². The summed E-state index contributed by atoms with van der Waals surface area (Å²) in [6, 6.07) is 5.33. The fourth-order valence-corrected chi connectivity index (χ4v) is 3.30. The van der Waals surface area contributed by atoms with Gasteiger partial charge in [-0.25, -0.2) is 4.39 Å². The number of hydrazine groups is 1. The average Bonchev–Trinajstić information content (AvgIpc) is 2.97. The second kappa shape index (κ2) is 4.61. The fourth-order valence-electron chi connectivity index (χ4n) is 3.30. The lowest BCUT2D eigenvalue weighted by atomic mass is 9.81. The number of nitrogens with two attached hydrogens (primary N) is 1. The molecular weight excluding hydrogens is 231 g/mol. The van der Waals surface area contributed by atoms with Crippen LogP contribution in [-0.2, 0) is 4.74 Å². The van der Waals surface area contributed by atoms with Crippen molar-refractivity contribution in [3.05, 3.63) is 35.1 Å². The third kappa shape index (κ3) is 1.94. The monoisotopic (exact) mass is 250 g/mol. The van der Waals surface area contributed by atoms with Crippen molar-refractivity contribution in [2.75, 3.05) is 0 Å². The number of halogens is 1. The van der Waals surface area contributed by atoms with Crippen LogP contribution in [-0.4, -0.2) is 12.2 Å². The van der Waals surface area contributed by atoms with Gasteiger partial charge >= 0.3 is 0 Å². The summed E-state index contributed by atoms with van der Waals surface area (Å²) < 4.78 is 19.5. The van der Waals surface area contributed by atoms with Gasteiger partial charge in [-0.05, 0) is 43.4 Å². The Hall–Kier alpha value is -0.970. The van der Waals surface area contributed by atoms with E-state index in [9.17, 15) is 4.39 Å². The van der Waals surface area contributed by atoms with E-state index < -0.39 is 0 Å². The van der Waals surface area contributed by atoms with Crippen molar-refractivity contribution in [1.82, 2.24) is 5.43 Å². The minimum absolute atomic E-state index is 0.0181. The predicted molar refractivity (Wildman–Crippen MR) is 67.2 cm³/mol. The molecule has 4 atom stereocenters. The van der Waals surface area contributed by atoms with Crippen molar-refractivity contribution in [2.45, 2.75) is 44.4 Å². The van der Waals surface area contributed by atoms with Crippen LogP contribution < -0.4 is 11.3 Å². The van der Waals surface area contributed by atoms with Crippen LogP contribution in [0.2, 0.25) is 0 Å². The summed E-state index contributed by atoms with van der Waals surface area (Å²) in [7, 11) is 0. The van der Waals surface area contributed by atoms with E-state index >= 15 is 0 Å². The molecule has 3 N–H and O–H groups in total. The number of hydrogen-bond acceptors (Lipinski definition) is 3. The van der Waals surface area contributed by atoms with Crippen LogP contribution in [0, 0.1) is 18.7 Å². The molecule has 1 aromatic carbocycles. The molecule has 0 spiro atoms. The number of nitrogens with one attached hydrogen (secondary N) is 1. The highest BCUT2D eigenvalue weighted by Crippen LogP contribution is 2.44. The number of benzene rings is 1. The molecular formula is C14H19FN2O. The zero-order chi connectivity index (χ0) is 12.7. The molecule has 3 rings (SSSR count). The van der Waals surface area contributed by atoms with Crippen molar-refractivity contribution in [3.8, 4) is 0 Å². The van der Waals surface area contributed by atoms with Crippen LogP contribution in [0.15, 0.2) is 18.2 Å². The quantitative estimate of drug-likeness (QED) is 0.638. The molecule has 4 unspecified atom stereocenters. The lowest BCUT2D eigenvalue weighted by Gasteiger charge is -2.28. The van der Waals surface area contributed by atoms with Crippen molar-refractivity contribution in [1.29, 1.82) is 0 Å². The van der Waals surface area contributed by atoms with Crippen molar-refractivity contribution in [2.24, 2.45) is 11.8 Å². The number of hydrogen-bond donors (Lipinski definition) is 2. The first kappa shape index (κ1) is 12.1. The summed E-state index contributed by atoms with van der Waals surface area (Å²) in [6.45, 7) is 1.77. The molecule has 1 aromatic rings. The molecule has 2 fully saturated rings. The topological polar surface area (TPSA) is 47.3 Å². The van der Waals surface area contributed by atoms with Crippen molar-refractivity contribution in [3.63, 3.8) is 0 Å². The van der Waals surface area contributed by atoms with Gasteiger partial charge in [0.1, 0.15) is 5.82 Å². The molecule has 0 amide bonds. The van der Waals surface area contributed by atoms with Crippen molar-refractivity contribution >= 4 is 0 Å². The normalized spacial score (nSPS) is 31.8. The van der Waals surface area contributed by atoms with Crippen LogP contribution in [0.3, 0.4) is 0 Å². The standard InChI is InChI=1S/C14H19FN2O/c1-8-2-3-9(6-12(8)15)14(17-16)11-7-10-4-5-13(11)18-10/h2-3,6,10-11,13-14,17H,4-5,7,16H2,1H3. The Morgan fingerprint density at radius 3 is 2.83 bits per heavy atom. The molecule has 0 aromatic heterocycles.